The fraction of sp³-hybridized carbons (Fsp3) is 0.600. The summed E-state index contributed by atoms with van der Waals surface area (Å²) in [6, 6.07) is 3.77. The summed E-state index contributed by atoms with van der Waals surface area (Å²) in [7, 11) is 4.89. The van der Waals surface area contributed by atoms with Crippen LogP contribution in [0.2, 0.25) is 0 Å². The molecule has 2 atom stereocenters. The van der Waals surface area contributed by atoms with Gasteiger partial charge in [0.25, 0.3) is 0 Å². The minimum atomic E-state index is -0.0385. The third-order valence-corrected chi connectivity index (χ3v) is 3.60. The van der Waals surface area contributed by atoms with Gasteiger partial charge in [-0.2, -0.15) is 0 Å². The van der Waals surface area contributed by atoms with Crippen molar-refractivity contribution in [3.8, 4) is 17.2 Å². The number of hydrogen-bond acceptors (Lipinski definition) is 5. The number of methoxy groups -OCH3 is 3. The Hall–Kier alpha value is -1.46. The molecule has 2 rings (SSSR count). The molecular weight excluding hydrogens is 258 g/mol. The van der Waals surface area contributed by atoms with Crippen molar-refractivity contribution < 1.29 is 18.9 Å². The van der Waals surface area contributed by atoms with Crippen LogP contribution in [0.3, 0.4) is 0 Å². The highest BCUT2D eigenvalue weighted by Crippen LogP contribution is 2.39. The maximum Gasteiger partial charge on any atom is 0.164 e. The second kappa shape index (κ2) is 6.81. The Morgan fingerprint density at radius 2 is 1.70 bits per heavy atom. The Morgan fingerprint density at radius 1 is 1.05 bits per heavy atom. The van der Waals surface area contributed by atoms with Gasteiger partial charge >= 0.3 is 0 Å². The van der Waals surface area contributed by atoms with Gasteiger partial charge in [0.1, 0.15) is 5.75 Å². The van der Waals surface area contributed by atoms with E-state index in [-0.39, 0.29) is 12.2 Å². The van der Waals surface area contributed by atoms with E-state index >= 15 is 0 Å². The summed E-state index contributed by atoms with van der Waals surface area (Å²) in [6.07, 6.45) is 1.18. The molecule has 112 valence electrons. The molecular formula is C15H23NO4. The second-order valence-electron chi connectivity index (χ2n) is 4.76. The Labute approximate surface area is 120 Å². The smallest absolute Gasteiger partial charge is 0.164 e. The first-order chi connectivity index (χ1) is 9.73. The van der Waals surface area contributed by atoms with E-state index in [1.54, 1.807) is 21.3 Å². The summed E-state index contributed by atoms with van der Waals surface area (Å²) >= 11 is 0. The van der Waals surface area contributed by atoms with Crippen LogP contribution in [-0.4, -0.2) is 40.5 Å². The normalized spacial score (nSPS) is 22.4. The molecule has 1 heterocycles. The molecule has 0 aromatic heterocycles. The van der Waals surface area contributed by atoms with Gasteiger partial charge in [0.15, 0.2) is 11.5 Å². The van der Waals surface area contributed by atoms with Gasteiger partial charge in [0.05, 0.1) is 33.5 Å². The largest absolute Gasteiger partial charge is 0.496 e. The number of rotatable bonds is 5. The first-order valence-electron chi connectivity index (χ1n) is 6.89. The van der Waals surface area contributed by atoms with Gasteiger partial charge in [-0.1, -0.05) is 6.92 Å². The number of morpholine rings is 1. The Morgan fingerprint density at radius 3 is 2.30 bits per heavy atom. The molecule has 0 aliphatic carbocycles. The zero-order chi connectivity index (χ0) is 14.5. The molecule has 0 spiro atoms. The van der Waals surface area contributed by atoms with E-state index < -0.39 is 0 Å². The van der Waals surface area contributed by atoms with Crippen molar-refractivity contribution >= 4 is 0 Å². The van der Waals surface area contributed by atoms with Crippen LogP contribution >= 0.6 is 0 Å². The molecule has 1 N–H and O–H groups in total. The third kappa shape index (κ3) is 2.99. The minimum Gasteiger partial charge on any atom is -0.496 e. The highest BCUT2D eigenvalue weighted by Gasteiger charge is 2.26. The zero-order valence-corrected chi connectivity index (χ0v) is 12.6. The molecule has 0 radical (unpaired) electrons. The van der Waals surface area contributed by atoms with E-state index in [1.165, 1.54) is 0 Å². The monoisotopic (exact) mass is 281 g/mol. The van der Waals surface area contributed by atoms with Crippen LogP contribution in [0.15, 0.2) is 12.1 Å². The highest BCUT2D eigenvalue weighted by molar-refractivity contribution is 5.51. The van der Waals surface area contributed by atoms with Gasteiger partial charge in [-0.15, -0.1) is 0 Å². The lowest BCUT2D eigenvalue weighted by atomic mass is 10.0. The summed E-state index contributed by atoms with van der Waals surface area (Å²) in [6.45, 7) is 3.78. The molecule has 1 fully saturated rings. The van der Waals surface area contributed by atoms with Gasteiger partial charge in [-0.25, -0.2) is 0 Å². The topological polar surface area (TPSA) is 49.0 Å². The summed E-state index contributed by atoms with van der Waals surface area (Å²) < 4.78 is 22.2. The van der Waals surface area contributed by atoms with E-state index in [0.29, 0.717) is 11.5 Å². The van der Waals surface area contributed by atoms with Crippen molar-refractivity contribution in [2.45, 2.75) is 25.6 Å². The van der Waals surface area contributed by atoms with Crippen LogP contribution in [0.1, 0.15) is 25.0 Å². The van der Waals surface area contributed by atoms with Gasteiger partial charge in [0, 0.05) is 24.7 Å². The van der Waals surface area contributed by atoms with Crippen LogP contribution in [0.5, 0.6) is 17.2 Å². The summed E-state index contributed by atoms with van der Waals surface area (Å²) in [5, 5.41) is 3.40. The number of benzene rings is 1. The fourth-order valence-corrected chi connectivity index (χ4v) is 2.43. The lowest BCUT2D eigenvalue weighted by Gasteiger charge is -2.31. The minimum absolute atomic E-state index is 0.0385. The predicted octanol–water partition coefficient (Wildman–Crippen LogP) is 2.15. The second-order valence-corrected chi connectivity index (χ2v) is 4.76. The maximum atomic E-state index is 6.10. The molecule has 0 amide bonds. The van der Waals surface area contributed by atoms with Crippen LogP contribution in [0.25, 0.3) is 0 Å². The quantitative estimate of drug-likeness (QED) is 0.896. The SMILES string of the molecule is CCC1CNCC(c2cc(OC)c(OC)cc2OC)O1. The molecule has 1 aliphatic heterocycles. The first kappa shape index (κ1) is 14.9. The third-order valence-electron chi connectivity index (χ3n) is 3.60. The molecule has 2 unspecified atom stereocenters. The number of nitrogens with one attached hydrogen (secondary N) is 1. The van der Waals surface area contributed by atoms with Gasteiger partial charge in [-0.05, 0) is 12.5 Å². The van der Waals surface area contributed by atoms with E-state index in [9.17, 15) is 0 Å². The predicted molar refractivity (Wildman–Crippen MR) is 76.9 cm³/mol. The van der Waals surface area contributed by atoms with Crippen molar-refractivity contribution in [3.05, 3.63) is 17.7 Å². The van der Waals surface area contributed by atoms with Crippen molar-refractivity contribution in [3.63, 3.8) is 0 Å². The van der Waals surface area contributed by atoms with E-state index in [0.717, 1.165) is 30.8 Å². The van der Waals surface area contributed by atoms with Crippen molar-refractivity contribution in [2.24, 2.45) is 0 Å². The molecule has 1 saturated heterocycles. The molecule has 20 heavy (non-hydrogen) atoms. The van der Waals surface area contributed by atoms with Gasteiger partial charge < -0.3 is 24.3 Å². The van der Waals surface area contributed by atoms with Crippen molar-refractivity contribution in [1.82, 2.24) is 5.32 Å². The molecule has 0 saturated carbocycles. The lowest BCUT2D eigenvalue weighted by molar-refractivity contribution is -0.0409. The van der Waals surface area contributed by atoms with Crippen molar-refractivity contribution in [2.75, 3.05) is 34.4 Å². The molecule has 5 heteroatoms. The van der Waals surface area contributed by atoms with Crippen LogP contribution in [-0.2, 0) is 4.74 Å². The van der Waals surface area contributed by atoms with E-state index in [1.807, 2.05) is 12.1 Å². The average Bonchev–Trinajstić information content (AvgIpc) is 2.53. The lowest BCUT2D eigenvalue weighted by Crippen LogP contribution is -2.40. The van der Waals surface area contributed by atoms with Crippen LogP contribution < -0.4 is 19.5 Å². The summed E-state index contributed by atoms with van der Waals surface area (Å²) in [4.78, 5) is 0. The van der Waals surface area contributed by atoms with Crippen molar-refractivity contribution in [1.29, 1.82) is 0 Å². The Bertz CT molecular complexity index is 450. The van der Waals surface area contributed by atoms with Crippen LogP contribution in [0, 0.1) is 0 Å². The first-order valence-corrected chi connectivity index (χ1v) is 6.89. The summed E-state index contributed by atoms with van der Waals surface area (Å²) in [5.41, 5.74) is 0.982. The zero-order valence-electron chi connectivity index (χ0n) is 12.6. The maximum absolute atomic E-state index is 6.10. The molecule has 1 aliphatic rings. The number of hydrogen-bond donors (Lipinski definition) is 1. The molecule has 1 aromatic rings. The number of ether oxygens (including phenoxy) is 4. The Balaban J connectivity index is 2.33. The molecule has 5 nitrogen and oxygen atoms in total. The van der Waals surface area contributed by atoms with Crippen LogP contribution in [0.4, 0.5) is 0 Å². The van der Waals surface area contributed by atoms with Gasteiger partial charge in [-0.3, -0.25) is 0 Å². The molecule has 0 bridgehead atoms. The van der Waals surface area contributed by atoms with Gasteiger partial charge in [0.2, 0.25) is 0 Å². The highest BCUT2D eigenvalue weighted by atomic mass is 16.5. The standard InChI is InChI=1S/C15H23NO4/c1-5-10-8-16-9-15(20-10)11-6-13(18-3)14(19-4)7-12(11)17-2/h6-7,10,15-16H,5,8-9H2,1-4H3. The average molecular weight is 281 g/mol. The van der Waals surface area contributed by atoms with E-state index in [4.69, 9.17) is 18.9 Å². The Kier molecular flexibility index (Phi) is 5.09. The van der Waals surface area contributed by atoms with E-state index in [2.05, 4.69) is 12.2 Å². The molecule has 1 aromatic carbocycles. The fourth-order valence-electron chi connectivity index (χ4n) is 2.43. The summed E-state index contributed by atoms with van der Waals surface area (Å²) in [5.74, 6) is 2.10.